The molecule has 3 aliphatic heterocycles. The van der Waals surface area contributed by atoms with Crippen LogP contribution in [0, 0.1) is 5.41 Å². The maximum absolute atomic E-state index is 12.7. The van der Waals surface area contributed by atoms with Crippen LogP contribution in [-0.2, 0) is 129 Å². The molecule has 0 unspecified atom stereocenters. The van der Waals surface area contributed by atoms with Gasteiger partial charge in [0.25, 0.3) is 35.4 Å². The zero-order valence-electron chi connectivity index (χ0n) is 50.1. The number of carbonyl (C=O) groups excluding carboxylic acids is 12. The van der Waals surface area contributed by atoms with E-state index in [0.717, 1.165) is 0 Å². The van der Waals surface area contributed by atoms with Gasteiger partial charge in [-0.25, -0.2) is 14.4 Å². The minimum atomic E-state index is -0.753. The first-order valence-electron chi connectivity index (χ1n) is 29.6. The van der Waals surface area contributed by atoms with Crippen molar-refractivity contribution in [3.63, 3.8) is 0 Å². The Hall–Kier alpha value is -5.84. The summed E-state index contributed by atoms with van der Waals surface area (Å²) in [5.41, 5.74) is -0.653. The van der Waals surface area contributed by atoms with Crippen LogP contribution in [0.3, 0.4) is 0 Å². The normalized spacial score (nSPS) is 14.5. The number of Topliss-reactive ketones (excluding diaryl/α,β-unsaturated/α-hetero) is 2. The molecule has 1 N–H and O–H groups in total. The molecule has 3 heterocycles. The van der Waals surface area contributed by atoms with Gasteiger partial charge in [0.15, 0.2) is 0 Å². The average Bonchev–Trinajstić information content (AvgIpc) is 4.39. The number of hydrogen-bond acceptors (Lipinski definition) is 27. The summed E-state index contributed by atoms with van der Waals surface area (Å²) in [5.74, 6) is -5.81. The molecule has 0 aromatic rings. The Kier molecular flexibility index (Phi) is 40.9. The van der Waals surface area contributed by atoms with Gasteiger partial charge in [-0.05, 0) is 19.3 Å². The molecule has 7 amide bonds. The van der Waals surface area contributed by atoms with E-state index >= 15 is 0 Å². The average molecular weight is 1250 g/mol. The highest BCUT2D eigenvalue weighted by atomic mass is 16.7. The zero-order valence-corrected chi connectivity index (χ0v) is 50.1. The summed E-state index contributed by atoms with van der Waals surface area (Å²) in [7, 11) is 0. The molecule has 0 spiro atoms. The number of carbonyl (C=O) groups is 12. The van der Waals surface area contributed by atoms with E-state index in [1.54, 1.807) is 0 Å². The van der Waals surface area contributed by atoms with Gasteiger partial charge in [0, 0.05) is 95.8 Å². The van der Waals surface area contributed by atoms with Crippen molar-refractivity contribution in [1.29, 1.82) is 0 Å². The number of ketones is 2. The third kappa shape index (κ3) is 35.7. The Bertz CT molecular complexity index is 1860. The minimum Gasteiger partial charge on any atom is -0.380 e. The number of ether oxygens (including phenoxy) is 12. The lowest BCUT2D eigenvalue weighted by atomic mass is 9.88. The van der Waals surface area contributed by atoms with E-state index in [9.17, 15) is 57.5 Å². The Morgan fingerprint density at radius 2 is 0.598 bits per heavy atom. The van der Waals surface area contributed by atoms with Gasteiger partial charge in [0.05, 0.1) is 165 Å². The highest BCUT2D eigenvalue weighted by molar-refractivity contribution is 6.03. The largest absolute Gasteiger partial charge is 0.380 e. The summed E-state index contributed by atoms with van der Waals surface area (Å²) in [5, 5.41) is 4.24. The molecule has 0 aromatic carbocycles. The molecule has 3 rings (SSSR count). The number of hydroxylamine groups is 6. The van der Waals surface area contributed by atoms with Gasteiger partial charge in [-0.3, -0.25) is 43.2 Å². The maximum Gasteiger partial charge on any atom is 0.335 e. The van der Waals surface area contributed by atoms with Crippen molar-refractivity contribution in [2.24, 2.45) is 5.41 Å². The molecule has 31 heteroatoms. The Morgan fingerprint density at radius 3 is 0.908 bits per heavy atom. The fraction of sp³-hybridized carbons (Fsp3) is 0.786. The summed E-state index contributed by atoms with van der Waals surface area (Å²) < 4.78 is 67.0. The molecule has 0 atom stereocenters. The third-order valence-corrected chi connectivity index (χ3v) is 12.7. The van der Waals surface area contributed by atoms with Gasteiger partial charge >= 0.3 is 17.9 Å². The smallest absolute Gasteiger partial charge is 0.335 e. The van der Waals surface area contributed by atoms with Crippen LogP contribution in [0.2, 0.25) is 0 Å². The molecule has 3 aliphatic rings. The molecule has 0 bridgehead atoms. The van der Waals surface area contributed by atoms with Crippen LogP contribution in [0.15, 0.2) is 0 Å². The second-order valence-electron chi connectivity index (χ2n) is 19.8. The molecule has 3 saturated heterocycles. The van der Waals surface area contributed by atoms with Crippen molar-refractivity contribution in [3.8, 4) is 0 Å². The lowest BCUT2D eigenvalue weighted by Crippen LogP contribution is -2.38. The van der Waals surface area contributed by atoms with E-state index in [0.29, 0.717) is 86.9 Å². The van der Waals surface area contributed by atoms with Crippen LogP contribution >= 0.6 is 0 Å². The van der Waals surface area contributed by atoms with E-state index in [1.165, 1.54) is 0 Å². The number of rotatable bonds is 57. The fourth-order valence-corrected chi connectivity index (χ4v) is 7.69. The molecule has 0 aromatic heterocycles. The first-order chi connectivity index (χ1) is 42.1. The fourth-order valence-electron chi connectivity index (χ4n) is 7.69. The van der Waals surface area contributed by atoms with Crippen molar-refractivity contribution >= 4 is 70.8 Å². The van der Waals surface area contributed by atoms with E-state index in [2.05, 4.69) is 5.32 Å². The van der Waals surface area contributed by atoms with E-state index < -0.39 is 58.8 Å². The maximum atomic E-state index is 12.7. The van der Waals surface area contributed by atoms with Gasteiger partial charge in [0.1, 0.15) is 11.6 Å². The van der Waals surface area contributed by atoms with Crippen LogP contribution in [-0.4, -0.2) is 251 Å². The van der Waals surface area contributed by atoms with Crippen LogP contribution in [0.5, 0.6) is 0 Å². The van der Waals surface area contributed by atoms with Crippen LogP contribution in [0.4, 0.5) is 0 Å². The number of imide groups is 3. The van der Waals surface area contributed by atoms with E-state index in [-0.39, 0.29) is 220 Å². The first kappa shape index (κ1) is 75.4. The van der Waals surface area contributed by atoms with Crippen molar-refractivity contribution in [2.45, 2.75) is 116 Å². The van der Waals surface area contributed by atoms with Crippen LogP contribution in [0.25, 0.3) is 0 Å². The molecule has 494 valence electrons. The molecule has 87 heavy (non-hydrogen) atoms. The molecule has 3 fully saturated rings. The quantitative estimate of drug-likeness (QED) is 0.0642. The summed E-state index contributed by atoms with van der Waals surface area (Å²) in [4.78, 5) is 157. The monoisotopic (exact) mass is 1250 g/mol. The molecule has 0 saturated carbocycles. The highest BCUT2D eigenvalue weighted by Gasteiger charge is 2.35. The predicted octanol–water partition coefficient (Wildman–Crippen LogP) is 0.559. The topological polar surface area (TPSA) is 365 Å². The second-order valence-corrected chi connectivity index (χ2v) is 19.8. The van der Waals surface area contributed by atoms with Crippen molar-refractivity contribution in [3.05, 3.63) is 0 Å². The summed E-state index contributed by atoms with van der Waals surface area (Å²) in [6.45, 7) is 7.28. The van der Waals surface area contributed by atoms with Gasteiger partial charge in [-0.1, -0.05) is 6.92 Å². The number of nitrogens with zero attached hydrogens (tertiary/aromatic N) is 3. The standard InChI is InChI=1S/C56H88N4O27/c1-2-56(41-82-22-13-44(61)5-3-20-73-29-35-79-37-31-75-25-16-53(70)85-58-47(64)7-8-48(58)65,42-83-23-14-45(62)6-4-21-74-30-36-80-38-32-76-26-17-54(71)86-59-49(66)9-10-50(59)67)43-84-24-15-46(63)57-19-28-78-34-40-81-39-33-77-27-18-55(72)87-60-51(68)11-12-52(60)69/h2-43H2,1H3,(H,57,63). The molecular weight excluding hydrogens is 1160 g/mol. The summed E-state index contributed by atoms with van der Waals surface area (Å²) in [6, 6.07) is 0. The van der Waals surface area contributed by atoms with Crippen LogP contribution in [0.1, 0.15) is 116 Å². The Balaban J connectivity index is 1.24. The molecular formula is C56H88N4O27. The van der Waals surface area contributed by atoms with Crippen LogP contribution < -0.4 is 5.32 Å². The van der Waals surface area contributed by atoms with E-state index in [4.69, 9.17) is 71.4 Å². The van der Waals surface area contributed by atoms with Gasteiger partial charge < -0.3 is 76.7 Å². The summed E-state index contributed by atoms with van der Waals surface area (Å²) >= 11 is 0. The highest BCUT2D eigenvalue weighted by Crippen LogP contribution is 2.25. The SMILES string of the molecule is CCC(COCCC(=O)CCCOCCOCCOCCC(=O)ON1C(=O)CCC1=O)(COCCC(=O)CCCOCCOCCOCCC(=O)ON1C(=O)CCC1=O)COCCC(=O)NCCOCCOCCOCCC(=O)ON1C(=O)CCC1=O. The van der Waals surface area contributed by atoms with Crippen molar-refractivity contribution in [2.75, 3.05) is 165 Å². The lowest BCUT2D eigenvalue weighted by Gasteiger charge is -2.32. The molecule has 0 radical (unpaired) electrons. The van der Waals surface area contributed by atoms with Gasteiger partial charge in [-0.15, -0.1) is 15.2 Å². The zero-order chi connectivity index (χ0) is 63.2. The molecule has 0 aliphatic carbocycles. The van der Waals surface area contributed by atoms with Crippen molar-refractivity contribution in [1.82, 2.24) is 20.5 Å². The second kappa shape index (κ2) is 47.2. The predicted molar refractivity (Wildman–Crippen MR) is 293 cm³/mol. The minimum absolute atomic E-state index is 0.00106. The first-order valence-corrected chi connectivity index (χ1v) is 29.6. The molecule has 31 nitrogen and oxygen atoms in total. The third-order valence-electron chi connectivity index (χ3n) is 12.7. The number of nitrogens with one attached hydrogen (secondary N) is 1. The van der Waals surface area contributed by atoms with Gasteiger partial charge in [-0.2, -0.15) is 0 Å². The number of hydrogen-bond donors (Lipinski definition) is 1. The Morgan fingerprint density at radius 1 is 0.333 bits per heavy atom. The Labute approximate surface area is 505 Å². The van der Waals surface area contributed by atoms with Crippen molar-refractivity contribution < 1.29 is 129 Å². The number of amides is 7. The lowest BCUT2D eigenvalue weighted by molar-refractivity contribution is -0.198. The van der Waals surface area contributed by atoms with Gasteiger partial charge in [0.2, 0.25) is 5.91 Å². The van der Waals surface area contributed by atoms with E-state index in [1.807, 2.05) is 6.92 Å². The summed E-state index contributed by atoms with van der Waals surface area (Å²) in [6.07, 6.45) is 2.26.